The van der Waals surface area contributed by atoms with Crippen LogP contribution in [-0.2, 0) is 0 Å². The summed E-state index contributed by atoms with van der Waals surface area (Å²) in [5.41, 5.74) is 1.36. The number of halogens is 2. The highest BCUT2D eigenvalue weighted by molar-refractivity contribution is 6.37. The summed E-state index contributed by atoms with van der Waals surface area (Å²) < 4.78 is 1.49. The number of hydrogen-bond donors (Lipinski definition) is 0. The molecule has 6 heteroatoms. The zero-order chi connectivity index (χ0) is 11.3. The van der Waals surface area contributed by atoms with Gasteiger partial charge in [-0.1, -0.05) is 17.7 Å². The van der Waals surface area contributed by atoms with Gasteiger partial charge in [-0.25, -0.2) is 9.97 Å². The number of rotatable bonds is 0. The average Bonchev–Trinajstić information content (AvgIpc) is 2.60. The molecule has 0 N–H and O–H groups in total. The molecule has 3 aromatic rings. The van der Waals surface area contributed by atoms with Gasteiger partial charge in [0, 0.05) is 0 Å². The first-order chi connectivity index (χ1) is 7.66. The van der Waals surface area contributed by atoms with E-state index in [1.807, 2.05) is 12.1 Å². The summed E-state index contributed by atoms with van der Waals surface area (Å²) >= 11 is 12.1. The quantitative estimate of drug-likeness (QED) is 0.578. The molecule has 0 aliphatic rings. The monoisotopic (exact) mass is 252 g/mol. The summed E-state index contributed by atoms with van der Waals surface area (Å²) in [6.07, 6.45) is 0. The first-order valence-electron chi connectivity index (χ1n) is 4.64. The van der Waals surface area contributed by atoms with Gasteiger partial charge in [0.2, 0.25) is 5.28 Å². The summed E-state index contributed by atoms with van der Waals surface area (Å²) in [5.74, 6) is 0.635. The molecule has 0 spiro atoms. The van der Waals surface area contributed by atoms with Gasteiger partial charge in [-0.3, -0.25) is 0 Å². The summed E-state index contributed by atoms with van der Waals surface area (Å²) in [6, 6.07) is 5.47. The third kappa shape index (κ3) is 1.27. The Balaban J connectivity index is 2.65. The molecule has 0 saturated heterocycles. The number of hydrogen-bond acceptors (Lipinski definition) is 3. The zero-order valence-corrected chi connectivity index (χ0v) is 9.79. The Bertz CT molecular complexity index is 705. The van der Waals surface area contributed by atoms with E-state index in [0.29, 0.717) is 16.5 Å². The fourth-order valence-corrected chi connectivity index (χ4v) is 2.14. The zero-order valence-electron chi connectivity index (χ0n) is 8.28. The molecule has 0 radical (unpaired) electrons. The topological polar surface area (TPSA) is 43.1 Å². The van der Waals surface area contributed by atoms with Crippen LogP contribution in [0.2, 0.25) is 10.3 Å². The standard InChI is InChI=1S/C10H6Cl2N4/c1-5-13-9-8-6(11)3-2-4-7(8)14-10(12)16(9)15-5/h2-4H,1H3. The molecule has 16 heavy (non-hydrogen) atoms. The highest BCUT2D eigenvalue weighted by atomic mass is 35.5. The molecule has 0 atom stereocenters. The minimum atomic E-state index is 0.283. The van der Waals surface area contributed by atoms with Gasteiger partial charge < -0.3 is 0 Å². The molecule has 2 heterocycles. The van der Waals surface area contributed by atoms with Crippen molar-refractivity contribution >= 4 is 39.8 Å². The van der Waals surface area contributed by atoms with Crippen LogP contribution >= 0.6 is 23.2 Å². The second kappa shape index (κ2) is 3.30. The van der Waals surface area contributed by atoms with Crippen LogP contribution in [0.1, 0.15) is 5.82 Å². The molecule has 4 nitrogen and oxygen atoms in total. The highest BCUT2D eigenvalue weighted by Crippen LogP contribution is 2.27. The van der Waals surface area contributed by atoms with E-state index < -0.39 is 0 Å². The van der Waals surface area contributed by atoms with Crippen molar-refractivity contribution in [3.8, 4) is 0 Å². The normalized spacial score (nSPS) is 11.4. The van der Waals surface area contributed by atoms with E-state index in [0.717, 1.165) is 10.9 Å². The summed E-state index contributed by atoms with van der Waals surface area (Å²) in [6.45, 7) is 1.80. The largest absolute Gasteiger partial charge is 0.226 e. The van der Waals surface area contributed by atoms with Gasteiger partial charge in [0.05, 0.1) is 15.9 Å². The van der Waals surface area contributed by atoms with E-state index in [4.69, 9.17) is 23.2 Å². The predicted molar refractivity (Wildman–Crippen MR) is 63.0 cm³/mol. The first-order valence-corrected chi connectivity index (χ1v) is 5.39. The smallest absolute Gasteiger partial charge is 0.218 e. The second-order valence-electron chi connectivity index (χ2n) is 3.41. The molecule has 1 aromatic carbocycles. The van der Waals surface area contributed by atoms with Crippen LogP contribution in [0.15, 0.2) is 18.2 Å². The van der Waals surface area contributed by atoms with E-state index in [-0.39, 0.29) is 5.28 Å². The maximum Gasteiger partial charge on any atom is 0.226 e. The van der Waals surface area contributed by atoms with Crippen molar-refractivity contribution in [1.82, 2.24) is 19.6 Å². The minimum absolute atomic E-state index is 0.283. The number of nitrogens with zero attached hydrogens (tertiary/aromatic N) is 4. The third-order valence-electron chi connectivity index (χ3n) is 2.32. The lowest BCUT2D eigenvalue weighted by molar-refractivity contribution is 0.909. The van der Waals surface area contributed by atoms with Crippen molar-refractivity contribution in [3.05, 3.63) is 34.3 Å². The molecule has 0 unspecified atom stereocenters. The minimum Gasteiger partial charge on any atom is -0.218 e. The van der Waals surface area contributed by atoms with E-state index in [2.05, 4.69) is 15.1 Å². The Hall–Kier alpha value is -1.39. The molecule has 0 bridgehead atoms. The lowest BCUT2D eigenvalue weighted by Gasteiger charge is -2.02. The van der Waals surface area contributed by atoms with Gasteiger partial charge >= 0.3 is 0 Å². The van der Waals surface area contributed by atoms with E-state index >= 15 is 0 Å². The molecule has 0 amide bonds. The van der Waals surface area contributed by atoms with Gasteiger partial charge in [0.25, 0.3) is 0 Å². The Morgan fingerprint density at radius 3 is 2.81 bits per heavy atom. The van der Waals surface area contributed by atoms with Gasteiger partial charge in [-0.15, -0.1) is 5.10 Å². The van der Waals surface area contributed by atoms with Crippen LogP contribution in [0.25, 0.3) is 16.6 Å². The van der Waals surface area contributed by atoms with Crippen molar-refractivity contribution in [2.24, 2.45) is 0 Å². The van der Waals surface area contributed by atoms with Gasteiger partial charge in [-0.05, 0) is 30.7 Å². The molecular formula is C10H6Cl2N4. The van der Waals surface area contributed by atoms with Crippen molar-refractivity contribution < 1.29 is 0 Å². The van der Waals surface area contributed by atoms with Crippen LogP contribution in [0.5, 0.6) is 0 Å². The fraction of sp³-hybridized carbons (Fsp3) is 0.100. The lowest BCUT2D eigenvalue weighted by Crippen LogP contribution is -1.95. The van der Waals surface area contributed by atoms with Crippen molar-refractivity contribution in [2.45, 2.75) is 6.92 Å². The third-order valence-corrected chi connectivity index (χ3v) is 2.88. The maximum atomic E-state index is 6.13. The van der Waals surface area contributed by atoms with Crippen molar-refractivity contribution in [1.29, 1.82) is 0 Å². The Morgan fingerprint density at radius 1 is 1.19 bits per heavy atom. The molecule has 0 aliphatic heterocycles. The molecular weight excluding hydrogens is 247 g/mol. The van der Waals surface area contributed by atoms with E-state index in [9.17, 15) is 0 Å². The molecule has 80 valence electrons. The van der Waals surface area contributed by atoms with Crippen molar-refractivity contribution in [3.63, 3.8) is 0 Å². The number of benzene rings is 1. The van der Waals surface area contributed by atoms with Crippen LogP contribution in [0, 0.1) is 6.92 Å². The van der Waals surface area contributed by atoms with Crippen LogP contribution in [0.4, 0.5) is 0 Å². The Morgan fingerprint density at radius 2 is 2.00 bits per heavy atom. The van der Waals surface area contributed by atoms with E-state index in [1.54, 1.807) is 13.0 Å². The Labute approximate surface area is 101 Å². The fourth-order valence-electron chi connectivity index (χ4n) is 1.68. The summed E-state index contributed by atoms with van der Waals surface area (Å²) in [7, 11) is 0. The van der Waals surface area contributed by atoms with Crippen LogP contribution < -0.4 is 0 Å². The molecule has 0 aliphatic carbocycles. The summed E-state index contributed by atoms with van der Waals surface area (Å²) in [4.78, 5) is 8.53. The van der Waals surface area contributed by atoms with Crippen molar-refractivity contribution in [2.75, 3.05) is 0 Å². The average molecular weight is 253 g/mol. The molecule has 3 rings (SSSR count). The molecule has 2 aromatic heterocycles. The predicted octanol–water partition coefficient (Wildman–Crippen LogP) is 2.89. The summed E-state index contributed by atoms with van der Waals surface area (Å²) in [5, 5.41) is 5.81. The number of aryl methyl sites for hydroxylation is 1. The van der Waals surface area contributed by atoms with Crippen LogP contribution in [-0.4, -0.2) is 19.6 Å². The first kappa shape index (κ1) is 9.81. The number of fused-ring (bicyclic) bond motifs is 3. The number of aromatic nitrogens is 4. The van der Waals surface area contributed by atoms with Gasteiger partial charge in [-0.2, -0.15) is 4.52 Å². The van der Waals surface area contributed by atoms with Gasteiger partial charge in [0.15, 0.2) is 5.65 Å². The molecule has 0 saturated carbocycles. The lowest BCUT2D eigenvalue weighted by atomic mass is 10.2. The maximum absolute atomic E-state index is 6.13. The van der Waals surface area contributed by atoms with Crippen LogP contribution in [0.3, 0.4) is 0 Å². The highest BCUT2D eigenvalue weighted by Gasteiger charge is 2.12. The second-order valence-corrected chi connectivity index (χ2v) is 4.15. The Kier molecular flexibility index (Phi) is 2.02. The molecule has 0 fully saturated rings. The SMILES string of the molecule is Cc1nc2c3c(Cl)cccc3nc(Cl)n2n1. The van der Waals surface area contributed by atoms with E-state index in [1.165, 1.54) is 4.52 Å². The van der Waals surface area contributed by atoms with Gasteiger partial charge in [0.1, 0.15) is 5.82 Å².